The maximum atomic E-state index is 12.2. The zero-order valence-corrected chi connectivity index (χ0v) is 45.5. The van der Waals surface area contributed by atoms with Crippen molar-refractivity contribution in [3.05, 3.63) is 174 Å². The molecule has 1 saturated heterocycles. The highest BCUT2D eigenvalue weighted by Crippen LogP contribution is 2.36. The number of carbonyl (C=O) groups is 2. The molecule has 0 aliphatic carbocycles. The molecule has 0 N–H and O–H groups in total. The van der Waals surface area contributed by atoms with Gasteiger partial charge in [0, 0.05) is 32.4 Å². The average molecular weight is 1050 g/mol. The van der Waals surface area contributed by atoms with E-state index in [4.69, 9.17) is 23.7 Å². The van der Waals surface area contributed by atoms with E-state index in [2.05, 4.69) is 96.1 Å². The third kappa shape index (κ3) is 15.1. The first-order valence-corrected chi connectivity index (χ1v) is 28.9. The molecule has 392 valence electrons. The fraction of sp³-hybridized carbons (Fsp3) is 0.302. The molecule has 0 amide bonds. The van der Waals surface area contributed by atoms with Gasteiger partial charge in [-0.25, -0.2) is 18.0 Å². The van der Waals surface area contributed by atoms with Crippen LogP contribution in [0.5, 0.6) is 28.7 Å². The summed E-state index contributed by atoms with van der Waals surface area (Å²) in [6.45, 7) is 13.2. The van der Waals surface area contributed by atoms with E-state index in [0.29, 0.717) is 45.4 Å². The standard InChI is InChI=1S/C23H24O3.C22H22O6S.C18H23OS/c1-4-16(2)18-9-6-10-19(14-18)26-23(24)15-25-22-13-7-11-20-17(3)8-5-12-21(20)22;1-3-15(2)16-10-12-18(13-11-16)27-14-21(23)28-19-8-4-6-17-7-5-9-20(22(17)19)29(24,25)26;1-2-3-12-19-17-10-11-18(20-13-6-7-14-20)16-9-5-4-8-15(16)17/h5-14,16H,4,15H2,1-3H3;4-13,15H,3,14H2,1-2H3,(H,24,25,26);4-5,8-11H,2-3,6-7,12-14H2,1H3/q;;+1/p-1. The van der Waals surface area contributed by atoms with Crippen LogP contribution in [-0.2, 0) is 30.6 Å². The van der Waals surface area contributed by atoms with Crippen LogP contribution >= 0.6 is 0 Å². The van der Waals surface area contributed by atoms with Crippen LogP contribution in [0.25, 0.3) is 32.3 Å². The number of hydrogen-bond acceptors (Lipinski definition) is 10. The number of esters is 2. The number of hydrogen-bond donors (Lipinski definition) is 0. The molecule has 9 rings (SSSR count). The van der Waals surface area contributed by atoms with Crippen LogP contribution in [-0.4, -0.2) is 56.2 Å². The molecule has 1 aliphatic heterocycles. The third-order valence-electron chi connectivity index (χ3n) is 13.4. The topological polar surface area (TPSA) is 137 Å². The molecule has 8 aromatic carbocycles. The normalized spacial score (nSPS) is 13.2. The lowest BCUT2D eigenvalue weighted by molar-refractivity contribution is -0.137. The summed E-state index contributed by atoms with van der Waals surface area (Å²) < 4.78 is 62.6. The summed E-state index contributed by atoms with van der Waals surface area (Å²) in [4.78, 5) is 25.6. The molecule has 0 saturated carbocycles. The van der Waals surface area contributed by atoms with E-state index in [9.17, 15) is 22.6 Å². The first-order valence-electron chi connectivity index (χ1n) is 25.9. The summed E-state index contributed by atoms with van der Waals surface area (Å²) in [5.41, 5.74) is 3.53. The minimum Gasteiger partial charge on any atom is -0.744 e. The third-order valence-corrected chi connectivity index (χ3v) is 16.8. The maximum absolute atomic E-state index is 12.2. The quantitative estimate of drug-likeness (QED) is 0.0268. The molecule has 0 bridgehead atoms. The molecular weight excluding hydrogens is 981 g/mol. The van der Waals surface area contributed by atoms with Gasteiger partial charge in [0.15, 0.2) is 18.1 Å². The van der Waals surface area contributed by atoms with Crippen LogP contribution in [0.1, 0.15) is 102 Å². The zero-order valence-electron chi connectivity index (χ0n) is 43.8. The second-order valence-electron chi connectivity index (χ2n) is 18.7. The van der Waals surface area contributed by atoms with E-state index in [0.717, 1.165) is 42.4 Å². The van der Waals surface area contributed by atoms with Crippen molar-refractivity contribution < 1.29 is 46.2 Å². The van der Waals surface area contributed by atoms with E-state index < -0.39 is 27.0 Å². The van der Waals surface area contributed by atoms with Gasteiger partial charge in [0.2, 0.25) is 0 Å². The highest BCUT2D eigenvalue weighted by atomic mass is 32.2. The van der Waals surface area contributed by atoms with Crippen molar-refractivity contribution in [1.82, 2.24) is 0 Å². The van der Waals surface area contributed by atoms with Gasteiger partial charge in [-0.05, 0) is 139 Å². The highest BCUT2D eigenvalue weighted by molar-refractivity contribution is 7.97. The van der Waals surface area contributed by atoms with Crippen molar-refractivity contribution in [3.8, 4) is 28.7 Å². The minimum absolute atomic E-state index is 0.00163. The van der Waals surface area contributed by atoms with Crippen LogP contribution in [0.15, 0.2) is 168 Å². The van der Waals surface area contributed by atoms with Gasteiger partial charge in [-0.3, -0.25) is 0 Å². The Labute approximate surface area is 445 Å². The summed E-state index contributed by atoms with van der Waals surface area (Å²) in [5, 5.41) is 5.39. The van der Waals surface area contributed by atoms with Crippen molar-refractivity contribution >= 4 is 65.3 Å². The summed E-state index contributed by atoms with van der Waals surface area (Å²) in [6.07, 6.45) is 7.16. The smallest absolute Gasteiger partial charge is 0.349 e. The molecular formula is C63H68O10S2. The van der Waals surface area contributed by atoms with Gasteiger partial charge in [0.1, 0.15) is 50.4 Å². The Morgan fingerprint density at radius 3 is 1.88 bits per heavy atom. The number of rotatable bonds is 18. The lowest BCUT2D eigenvalue weighted by Gasteiger charge is -2.14. The van der Waals surface area contributed by atoms with Gasteiger partial charge >= 0.3 is 11.9 Å². The van der Waals surface area contributed by atoms with Crippen molar-refractivity contribution in [2.45, 2.75) is 102 Å². The highest BCUT2D eigenvalue weighted by Gasteiger charge is 2.29. The molecule has 2 unspecified atom stereocenters. The first kappa shape index (κ1) is 55.9. The predicted molar refractivity (Wildman–Crippen MR) is 302 cm³/mol. The summed E-state index contributed by atoms with van der Waals surface area (Å²) in [5.74, 6) is 5.34. The van der Waals surface area contributed by atoms with Gasteiger partial charge in [0.25, 0.3) is 0 Å². The maximum Gasteiger partial charge on any atom is 0.349 e. The van der Waals surface area contributed by atoms with Crippen molar-refractivity contribution in [2.75, 3.05) is 31.3 Å². The number of benzene rings is 8. The van der Waals surface area contributed by atoms with Crippen molar-refractivity contribution in [2.24, 2.45) is 0 Å². The van der Waals surface area contributed by atoms with Crippen molar-refractivity contribution in [1.29, 1.82) is 0 Å². The molecule has 2 atom stereocenters. The van der Waals surface area contributed by atoms with Crippen LogP contribution in [0.3, 0.4) is 0 Å². The van der Waals surface area contributed by atoms with E-state index in [-0.39, 0.29) is 24.3 Å². The number of ether oxygens (including phenoxy) is 5. The Hall–Kier alpha value is -6.86. The molecule has 0 radical (unpaired) electrons. The molecule has 10 nitrogen and oxygen atoms in total. The molecule has 1 heterocycles. The monoisotopic (exact) mass is 1050 g/mol. The number of unbranched alkanes of at least 4 members (excludes halogenated alkanes) is 1. The molecule has 0 spiro atoms. The van der Waals surface area contributed by atoms with Crippen LogP contribution in [0.2, 0.25) is 0 Å². The average Bonchev–Trinajstić information content (AvgIpc) is 3.97. The Bertz CT molecular complexity index is 3290. The molecule has 75 heavy (non-hydrogen) atoms. The lowest BCUT2D eigenvalue weighted by atomic mass is 9.99. The van der Waals surface area contributed by atoms with Crippen LogP contribution in [0.4, 0.5) is 0 Å². The number of carbonyl (C=O) groups excluding carboxylic acids is 2. The summed E-state index contributed by atoms with van der Waals surface area (Å²) in [7, 11) is -4.27. The van der Waals surface area contributed by atoms with Crippen LogP contribution in [0, 0.1) is 6.92 Å². The van der Waals surface area contributed by atoms with Gasteiger partial charge in [-0.15, -0.1) is 0 Å². The number of fused-ring (bicyclic) bond motifs is 3. The lowest BCUT2D eigenvalue weighted by Crippen LogP contribution is -2.18. The van der Waals surface area contributed by atoms with E-state index in [1.165, 1.54) is 76.4 Å². The Balaban J connectivity index is 0.000000167. The number of aryl methyl sites for hydroxylation is 1. The van der Waals surface area contributed by atoms with Crippen LogP contribution < -0.4 is 23.7 Å². The van der Waals surface area contributed by atoms with Gasteiger partial charge in [-0.1, -0.05) is 138 Å². The SMILES string of the molecule is CCC(C)c1ccc(OCC(=O)Oc2cccc3cccc(S(=O)(=O)[O-])c23)cc1.CCC(C)c1cccc(OC(=O)COc2cccc3c(C)cccc23)c1.CCCCOc1ccc([S+]2CCCC2)c2ccccc12. The van der Waals surface area contributed by atoms with E-state index in [1.54, 1.807) is 41.3 Å². The second-order valence-corrected chi connectivity index (χ2v) is 22.3. The van der Waals surface area contributed by atoms with Gasteiger partial charge < -0.3 is 28.2 Å². The Morgan fingerprint density at radius 1 is 0.573 bits per heavy atom. The van der Waals surface area contributed by atoms with E-state index >= 15 is 0 Å². The molecule has 12 heteroatoms. The van der Waals surface area contributed by atoms with E-state index in [1.807, 2.05) is 48.5 Å². The first-order chi connectivity index (χ1) is 36.3. The molecule has 1 fully saturated rings. The van der Waals surface area contributed by atoms with Gasteiger partial charge in [0.05, 0.1) is 11.5 Å². The molecule has 0 aromatic heterocycles. The Morgan fingerprint density at radius 2 is 1.16 bits per heavy atom. The summed E-state index contributed by atoms with van der Waals surface area (Å²) in [6, 6.07) is 49.3. The fourth-order valence-electron chi connectivity index (χ4n) is 8.79. The Kier molecular flexibility index (Phi) is 20.2. The van der Waals surface area contributed by atoms with Gasteiger partial charge in [-0.2, -0.15) is 0 Å². The predicted octanol–water partition coefficient (Wildman–Crippen LogP) is 14.7. The summed E-state index contributed by atoms with van der Waals surface area (Å²) >= 11 is 0. The molecule has 8 aromatic rings. The van der Waals surface area contributed by atoms with Crippen molar-refractivity contribution in [3.63, 3.8) is 0 Å². The minimum atomic E-state index is -4.73. The zero-order chi connectivity index (χ0) is 53.3. The largest absolute Gasteiger partial charge is 0.744 e. The fourth-order valence-corrected chi connectivity index (χ4v) is 12.0. The second kappa shape index (κ2) is 27.1. The molecule has 1 aliphatic rings.